The molecule has 34 heavy (non-hydrogen) atoms. The van der Waals surface area contributed by atoms with E-state index in [0.29, 0.717) is 0 Å². The zero-order valence-corrected chi connectivity index (χ0v) is 17.3. The van der Waals surface area contributed by atoms with Crippen molar-refractivity contribution in [3.8, 4) is 0 Å². The highest BCUT2D eigenvalue weighted by molar-refractivity contribution is 5.94. The summed E-state index contributed by atoms with van der Waals surface area (Å²) in [5.41, 5.74) is 0.117. The maximum absolute atomic E-state index is 13.7. The van der Waals surface area contributed by atoms with E-state index in [-0.39, 0.29) is 46.5 Å². The number of nitrogens with zero attached hydrogens (tertiary/aromatic N) is 5. The van der Waals surface area contributed by atoms with Gasteiger partial charge in [-0.05, 0) is 18.2 Å². The predicted octanol–water partition coefficient (Wildman–Crippen LogP) is 2.19. The number of hydrogen-bond acceptors (Lipinski definition) is 8. The largest absolute Gasteiger partial charge is 0.385 e. The predicted molar refractivity (Wildman–Crippen MR) is 120 cm³/mol. The van der Waals surface area contributed by atoms with Crippen LogP contribution in [0.25, 0.3) is 5.65 Å². The highest BCUT2D eigenvalue weighted by Gasteiger charge is 2.39. The van der Waals surface area contributed by atoms with Gasteiger partial charge < -0.3 is 16.0 Å². The Bertz CT molecular complexity index is 1510. The molecule has 10 nitrogen and oxygen atoms in total. The first kappa shape index (κ1) is 17.9. The summed E-state index contributed by atoms with van der Waals surface area (Å²) in [6.07, 6.45) is 6.08. The number of nitrogens with one attached hydrogen (secondary N) is 3. The minimum Gasteiger partial charge on any atom is -0.385 e. The van der Waals surface area contributed by atoms with Crippen LogP contribution in [0.3, 0.4) is 0 Å². The first-order valence-electron chi connectivity index (χ1n) is 11.6. The van der Waals surface area contributed by atoms with E-state index in [2.05, 4.69) is 31.0 Å². The molecule has 12 heteroatoms. The van der Waals surface area contributed by atoms with Gasteiger partial charge >= 0.3 is 0 Å². The second-order valence-electron chi connectivity index (χ2n) is 7.48. The first-order chi connectivity index (χ1) is 17.6. The van der Waals surface area contributed by atoms with Crippen molar-refractivity contribution in [2.75, 3.05) is 22.5 Å². The highest BCUT2D eigenvalue weighted by atomic mass is 19.1. The zero-order valence-electron chi connectivity index (χ0n) is 20.3. The molecule has 0 aromatic carbocycles. The van der Waals surface area contributed by atoms with Crippen LogP contribution in [-0.2, 0) is 4.79 Å². The molecule has 4 heterocycles. The fourth-order valence-corrected chi connectivity index (χ4v) is 3.40. The zero-order chi connectivity index (χ0) is 26.3. The Balaban J connectivity index is 1.51. The van der Waals surface area contributed by atoms with Gasteiger partial charge in [-0.2, -0.15) is 0 Å². The second kappa shape index (κ2) is 8.41. The first-order valence-corrected chi connectivity index (χ1v) is 10.1. The molecule has 172 valence electrons. The van der Waals surface area contributed by atoms with Crippen LogP contribution in [0.1, 0.15) is 21.0 Å². The molecule has 0 unspecified atom stereocenters. The van der Waals surface area contributed by atoms with Gasteiger partial charge in [0.15, 0.2) is 28.8 Å². The third-order valence-electron chi connectivity index (χ3n) is 5.17. The van der Waals surface area contributed by atoms with Gasteiger partial charge in [0.1, 0.15) is 17.8 Å². The number of halogens is 2. The maximum Gasteiger partial charge on any atom is 0.271 e. The van der Waals surface area contributed by atoms with Crippen molar-refractivity contribution in [3.63, 3.8) is 0 Å². The van der Waals surface area contributed by atoms with Crippen LogP contribution in [-0.4, -0.2) is 50.6 Å². The van der Waals surface area contributed by atoms with Gasteiger partial charge in [-0.25, -0.2) is 28.1 Å². The molecule has 3 N–H and O–H groups in total. The van der Waals surface area contributed by atoms with Crippen LogP contribution < -0.4 is 20.9 Å². The minimum atomic E-state index is -2.61. The van der Waals surface area contributed by atoms with Crippen molar-refractivity contribution in [1.82, 2.24) is 24.9 Å². The van der Waals surface area contributed by atoms with E-state index in [1.165, 1.54) is 35.6 Å². The number of carbonyl (C=O) groups excluding carboxylic acids is 2. The number of allylic oxidation sites excluding steroid dienone is 2. The topological polar surface area (TPSA) is 117 Å². The van der Waals surface area contributed by atoms with Crippen LogP contribution in [0, 0.1) is 5.82 Å². The third kappa shape index (κ3) is 3.86. The number of aromatic nitrogens is 4. The molecule has 1 aliphatic heterocycles. The summed E-state index contributed by atoms with van der Waals surface area (Å²) < 4.78 is 50.9. The Hall–Kier alpha value is -4.57. The molecule has 0 saturated heterocycles. The lowest BCUT2D eigenvalue weighted by atomic mass is 10.2. The number of rotatable bonds is 6. The molecule has 1 aliphatic carbocycles. The van der Waals surface area contributed by atoms with Crippen LogP contribution in [0.15, 0.2) is 60.3 Å². The molecular formula is C22H18F2N8O2. The van der Waals surface area contributed by atoms with Gasteiger partial charge in [-0.1, -0.05) is 0 Å². The SMILES string of the molecule is [2H]C([2H])([2H])Nc1cc(NC2=CC=CN(c3cc(F)ccn3)C2=C=O)nn2c(C(=O)N[C@@H]3C[C@@H]3F)cnc12. The Morgan fingerprint density at radius 3 is 2.94 bits per heavy atom. The van der Waals surface area contributed by atoms with E-state index in [1.54, 1.807) is 12.0 Å². The smallest absolute Gasteiger partial charge is 0.271 e. The molecule has 1 amide bonds. The summed E-state index contributed by atoms with van der Waals surface area (Å²) in [7, 11) is 0. The molecule has 1 saturated carbocycles. The molecule has 3 aromatic heterocycles. The Labute approximate surface area is 195 Å². The number of pyridine rings is 1. The molecule has 0 bridgehead atoms. The van der Waals surface area contributed by atoms with E-state index < -0.39 is 30.9 Å². The van der Waals surface area contributed by atoms with Crippen molar-refractivity contribution in [2.45, 2.75) is 18.6 Å². The normalized spacial score (nSPS) is 20.6. The molecule has 0 radical (unpaired) electrons. The number of alkyl halides is 1. The van der Waals surface area contributed by atoms with Crippen molar-refractivity contribution in [1.29, 1.82) is 0 Å². The number of anilines is 3. The second-order valence-corrected chi connectivity index (χ2v) is 7.48. The fraction of sp³-hybridized carbons (Fsp3) is 0.182. The van der Waals surface area contributed by atoms with E-state index in [1.807, 2.05) is 0 Å². The summed E-state index contributed by atoms with van der Waals surface area (Å²) in [5.74, 6) is 0.737. The van der Waals surface area contributed by atoms with Gasteiger partial charge in [-0.3, -0.25) is 9.69 Å². The molecule has 1 fully saturated rings. The summed E-state index contributed by atoms with van der Waals surface area (Å²) in [5, 5.41) is 12.1. The lowest BCUT2D eigenvalue weighted by Gasteiger charge is -2.25. The van der Waals surface area contributed by atoms with Gasteiger partial charge in [0.2, 0.25) is 0 Å². The Morgan fingerprint density at radius 1 is 1.35 bits per heavy atom. The standard InChI is InChI=1S/C22H18F2N8O2/c1-25-16-9-19(30-32-17(10-27-21(16)32)22(34)29-15-8-13(15)24)28-14-3-2-6-31(18(14)11-33)20-7-12(23)4-5-26-20/h2-7,9-10,13,15,25H,8H2,1H3,(H,28,30)(H,29,34)/t13-,15+/m0/s1/i1D3. The van der Waals surface area contributed by atoms with Gasteiger partial charge in [-0.15, -0.1) is 5.10 Å². The van der Waals surface area contributed by atoms with Crippen LogP contribution in [0.2, 0.25) is 0 Å². The molecular weight excluding hydrogens is 446 g/mol. The highest BCUT2D eigenvalue weighted by Crippen LogP contribution is 2.28. The summed E-state index contributed by atoms with van der Waals surface area (Å²) >= 11 is 0. The minimum absolute atomic E-state index is 0.0126. The number of carbonyl (C=O) groups is 1. The van der Waals surface area contributed by atoms with Crippen molar-refractivity contribution in [2.24, 2.45) is 0 Å². The fourth-order valence-electron chi connectivity index (χ4n) is 3.40. The van der Waals surface area contributed by atoms with Gasteiger partial charge in [0, 0.05) is 42.0 Å². The van der Waals surface area contributed by atoms with E-state index >= 15 is 0 Å². The Kier molecular flexibility index (Phi) is 4.43. The summed E-state index contributed by atoms with van der Waals surface area (Å²) in [6, 6.07) is 3.01. The summed E-state index contributed by atoms with van der Waals surface area (Å²) in [6.45, 7) is -2.61. The Morgan fingerprint density at radius 2 is 2.21 bits per heavy atom. The maximum atomic E-state index is 13.7. The molecule has 5 rings (SSSR count). The quantitative estimate of drug-likeness (QED) is 0.473. The van der Waals surface area contributed by atoms with Crippen molar-refractivity contribution >= 4 is 34.8 Å². The van der Waals surface area contributed by atoms with Crippen molar-refractivity contribution < 1.29 is 22.5 Å². The van der Waals surface area contributed by atoms with Crippen LogP contribution >= 0.6 is 0 Å². The average molecular weight is 467 g/mol. The van der Waals surface area contributed by atoms with Gasteiger partial charge in [0.05, 0.1) is 23.6 Å². The molecule has 2 atom stereocenters. The molecule has 2 aliphatic rings. The number of imidazole rings is 1. The summed E-state index contributed by atoms with van der Waals surface area (Å²) in [4.78, 5) is 34.1. The van der Waals surface area contributed by atoms with E-state index in [9.17, 15) is 18.4 Å². The van der Waals surface area contributed by atoms with Crippen LogP contribution in [0.5, 0.6) is 0 Å². The average Bonchev–Trinajstić information content (AvgIpc) is 3.34. The lowest BCUT2D eigenvalue weighted by Crippen LogP contribution is -2.28. The van der Waals surface area contributed by atoms with Crippen molar-refractivity contribution in [3.05, 3.63) is 71.9 Å². The number of fused-ring (bicyclic) bond motifs is 1. The monoisotopic (exact) mass is 467 g/mol. The lowest BCUT2D eigenvalue weighted by molar-refractivity contribution is 0.0940. The molecule has 0 spiro atoms. The van der Waals surface area contributed by atoms with Crippen LogP contribution in [0.4, 0.5) is 26.1 Å². The number of amides is 1. The van der Waals surface area contributed by atoms with E-state index in [4.69, 9.17) is 4.11 Å². The van der Waals surface area contributed by atoms with E-state index in [0.717, 1.165) is 16.6 Å². The number of hydrogen-bond donors (Lipinski definition) is 3. The molecule has 3 aromatic rings. The van der Waals surface area contributed by atoms with Gasteiger partial charge in [0.25, 0.3) is 5.91 Å². The third-order valence-corrected chi connectivity index (χ3v) is 5.17.